The molecule has 1 aromatic rings. The first kappa shape index (κ1) is 9.07. The van der Waals surface area contributed by atoms with E-state index in [4.69, 9.17) is 4.11 Å². The summed E-state index contributed by atoms with van der Waals surface area (Å²) >= 11 is 1.41. The highest BCUT2D eigenvalue weighted by molar-refractivity contribution is 7.98. The standard InChI is InChI=1S/C10H17N3O2S/c1-13(2,3)8(9(14)15)5-7-6-11-10(12-7)16-4/h6,8H,5H2,1-4H3,(H-,11,12,14,15)/p+1/t8-/m0/s1/i1D3. The molecule has 0 unspecified atom stereocenters. The van der Waals surface area contributed by atoms with Gasteiger partial charge in [-0.25, -0.2) is 9.78 Å². The molecule has 1 aromatic heterocycles. The quantitative estimate of drug-likeness (QED) is 0.597. The molecule has 0 spiro atoms. The molecule has 16 heavy (non-hydrogen) atoms. The molecule has 1 heterocycles. The van der Waals surface area contributed by atoms with Gasteiger partial charge in [0.25, 0.3) is 0 Å². The number of hydrogen-bond acceptors (Lipinski definition) is 3. The Balaban J connectivity index is 2.99. The van der Waals surface area contributed by atoms with E-state index in [-0.39, 0.29) is 6.42 Å². The van der Waals surface area contributed by atoms with Crippen molar-refractivity contribution in [3.8, 4) is 0 Å². The first-order valence-corrected chi connectivity index (χ1v) is 5.96. The molecule has 0 amide bonds. The van der Waals surface area contributed by atoms with Crippen molar-refractivity contribution >= 4 is 17.7 Å². The number of thioether (sulfide) groups is 1. The predicted molar refractivity (Wildman–Crippen MR) is 63.5 cm³/mol. The molecule has 0 saturated heterocycles. The van der Waals surface area contributed by atoms with Gasteiger partial charge in [-0.2, -0.15) is 0 Å². The summed E-state index contributed by atoms with van der Waals surface area (Å²) in [6, 6.07) is -1.07. The SMILES string of the molecule is [2H]C([2H])([2H])[N+](C)(C)[C@@H](Cc1cnc(SC)[nH]1)C(=O)O. The molecule has 6 heteroatoms. The maximum Gasteiger partial charge on any atom is 0.362 e. The van der Waals surface area contributed by atoms with Gasteiger partial charge in [0.05, 0.1) is 31.6 Å². The van der Waals surface area contributed by atoms with E-state index in [0.717, 1.165) is 0 Å². The lowest BCUT2D eigenvalue weighted by atomic mass is 10.1. The maximum atomic E-state index is 11.4. The first-order chi connectivity index (χ1) is 8.59. The number of nitrogens with zero attached hydrogens (tertiary/aromatic N) is 2. The highest BCUT2D eigenvalue weighted by Crippen LogP contribution is 2.14. The second-order valence-electron chi connectivity index (χ2n) is 4.02. The average Bonchev–Trinajstić information content (AvgIpc) is 2.71. The smallest absolute Gasteiger partial charge is 0.362 e. The van der Waals surface area contributed by atoms with Crippen molar-refractivity contribution in [3.05, 3.63) is 11.9 Å². The Morgan fingerprint density at radius 2 is 2.50 bits per heavy atom. The van der Waals surface area contributed by atoms with Crippen LogP contribution in [0.15, 0.2) is 11.4 Å². The summed E-state index contributed by atoms with van der Waals surface area (Å²) < 4.78 is 21.8. The third-order valence-electron chi connectivity index (χ3n) is 2.28. The van der Waals surface area contributed by atoms with E-state index in [1.807, 2.05) is 6.26 Å². The number of aromatic amines is 1. The molecule has 1 atom stereocenters. The van der Waals surface area contributed by atoms with E-state index in [9.17, 15) is 9.90 Å². The van der Waals surface area contributed by atoms with E-state index in [2.05, 4.69) is 9.97 Å². The average molecular weight is 247 g/mol. The van der Waals surface area contributed by atoms with Gasteiger partial charge < -0.3 is 14.6 Å². The van der Waals surface area contributed by atoms with Gasteiger partial charge in [-0.1, -0.05) is 11.8 Å². The molecule has 1 rings (SSSR count). The highest BCUT2D eigenvalue weighted by atomic mass is 32.2. The zero-order valence-corrected chi connectivity index (χ0v) is 10.3. The molecule has 0 fully saturated rings. The topological polar surface area (TPSA) is 66.0 Å². The fourth-order valence-electron chi connectivity index (χ4n) is 1.35. The minimum atomic E-state index is -2.40. The Morgan fingerprint density at radius 3 is 2.94 bits per heavy atom. The van der Waals surface area contributed by atoms with Crippen molar-refractivity contribution in [2.24, 2.45) is 0 Å². The Morgan fingerprint density at radius 1 is 1.81 bits per heavy atom. The van der Waals surface area contributed by atoms with Crippen LogP contribution in [-0.4, -0.2) is 58.9 Å². The largest absolute Gasteiger partial charge is 0.477 e. The zero-order chi connectivity index (χ0) is 14.8. The molecule has 0 aliphatic heterocycles. The van der Waals surface area contributed by atoms with Crippen molar-refractivity contribution in [2.45, 2.75) is 17.6 Å². The number of quaternary nitrogens is 1. The Kier molecular flexibility index (Phi) is 2.77. The number of H-pyrrole nitrogens is 1. The molecule has 0 aromatic carbocycles. The molecule has 0 aliphatic carbocycles. The number of likely N-dealkylation sites (N-methyl/N-ethyl adjacent to an activating group) is 1. The van der Waals surface area contributed by atoms with Gasteiger partial charge in [0.2, 0.25) is 0 Å². The third kappa shape index (κ3) is 3.24. The predicted octanol–water partition coefficient (Wildman–Crippen LogP) is 0.834. The van der Waals surface area contributed by atoms with Gasteiger partial charge in [-0.15, -0.1) is 0 Å². The fraction of sp³-hybridized carbons (Fsp3) is 0.600. The maximum absolute atomic E-state index is 11.4. The van der Waals surface area contributed by atoms with E-state index >= 15 is 0 Å². The molecule has 5 nitrogen and oxygen atoms in total. The van der Waals surface area contributed by atoms with Crippen molar-refractivity contribution in [1.29, 1.82) is 0 Å². The number of hydrogen-bond donors (Lipinski definition) is 2. The van der Waals surface area contributed by atoms with Crippen LogP contribution in [-0.2, 0) is 11.2 Å². The molecular weight excluding hydrogens is 226 g/mol. The second-order valence-corrected chi connectivity index (χ2v) is 4.81. The van der Waals surface area contributed by atoms with Crippen LogP contribution in [0.25, 0.3) is 0 Å². The summed E-state index contributed by atoms with van der Waals surface area (Å²) in [5.74, 6) is -1.14. The number of aliphatic carboxylic acids is 1. The van der Waals surface area contributed by atoms with Crippen LogP contribution in [0.2, 0.25) is 0 Å². The Hall–Kier alpha value is -1.01. The van der Waals surface area contributed by atoms with Crippen molar-refractivity contribution in [1.82, 2.24) is 9.97 Å². The van der Waals surface area contributed by atoms with Gasteiger partial charge in [-0.05, 0) is 6.26 Å². The number of carboxylic acids is 1. The number of imidazole rings is 1. The molecule has 0 radical (unpaired) electrons. The van der Waals surface area contributed by atoms with Crippen LogP contribution in [0.1, 0.15) is 9.81 Å². The fourth-order valence-corrected chi connectivity index (χ4v) is 1.74. The summed E-state index contributed by atoms with van der Waals surface area (Å²) in [5, 5.41) is 9.97. The lowest BCUT2D eigenvalue weighted by Crippen LogP contribution is -2.51. The first-order valence-electron chi connectivity index (χ1n) is 6.24. The summed E-state index contributed by atoms with van der Waals surface area (Å²) in [6.07, 6.45) is 3.48. The van der Waals surface area contributed by atoms with Crippen LogP contribution in [0.4, 0.5) is 0 Å². The number of nitrogens with one attached hydrogen (secondary N) is 1. The van der Waals surface area contributed by atoms with E-state index in [1.165, 1.54) is 25.9 Å². The summed E-state index contributed by atoms with van der Waals surface area (Å²) in [7, 11) is 2.80. The molecule has 2 N–H and O–H groups in total. The molecule has 0 bridgehead atoms. The molecule has 90 valence electrons. The van der Waals surface area contributed by atoms with Crippen molar-refractivity contribution in [2.75, 3.05) is 27.3 Å². The second kappa shape index (κ2) is 4.88. The van der Waals surface area contributed by atoms with Gasteiger partial charge in [0.15, 0.2) is 11.2 Å². The highest BCUT2D eigenvalue weighted by Gasteiger charge is 2.31. The lowest BCUT2D eigenvalue weighted by molar-refractivity contribution is -0.887. The number of rotatable bonds is 5. The molecule has 0 saturated carbocycles. The monoisotopic (exact) mass is 247 g/mol. The van der Waals surface area contributed by atoms with Crippen LogP contribution >= 0.6 is 11.8 Å². The zero-order valence-electron chi connectivity index (χ0n) is 12.5. The van der Waals surface area contributed by atoms with Crippen molar-refractivity contribution in [3.63, 3.8) is 0 Å². The molecular formula is C10H18N3O2S+. The normalized spacial score (nSPS) is 17.3. The lowest BCUT2D eigenvalue weighted by Gasteiger charge is -2.30. The third-order valence-corrected chi connectivity index (χ3v) is 2.87. The van der Waals surface area contributed by atoms with E-state index in [0.29, 0.717) is 10.9 Å². The molecule has 0 aliphatic rings. The van der Waals surface area contributed by atoms with Gasteiger partial charge in [0, 0.05) is 11.9 Å². The summed E-state index contributed by atoms with van der Waals surface area (Å²) in [6.45, 7) is -2.40. The van der Waals surface area contributed by atoms with Gasteiger partial charge in [0.1, 0.15) is 0 Å². The van der Waals surface area contributed by atoms with Crippen LogP contribution in [0, 0.1) is 0 Å². The number of aromatic nitrogens is 2. The number of carboxylic acid groups (broad SMARTS) is 1. The van der Waals surface area contributed by atoms with E-state index < -0.39 is 23.5 Å². The summed E-state index contributed by atoms with van der Waals surface area (Å²) in [5.41, 5.74) is 0.618. The minimum absolute atomic E-state index is 0.0916. The minimum Gasteiger partial charge on any atom is -0.477 e. The van der Waals surface area contributed by atoms with Crippen LogP contribution in [0.3, 0.4) is 0 Å². The van der Waals surface area contributed by atoms with Crippen LogP contribution < -0.4 is 0 Å². The van der Waals surface area contributed by atoms with Crippen LogP contribution in [0.5, 0.6) is 0 Å². The Labute approximate surface area is 104 Å². The number of carbonyl (C=O) groups is 1. The van der Waals surface area contributed by atoms with E-state index in [1.54, 1.807) is 6.20 Å². The van der Waals surface area contributed by atoms with Gasteiger partial charge in [-0.3, -0.25) is 0 Å². The summed E-state index contributed by atoms with van der Waals surface area (Å²) in [4.78, 5) is 18.4. The van der Waals surface area contributed by atoms with Gasteiger partial charge >= 0.3 is 5.97 Å². The Bertz CT molecular complexity index is 459. The van der Waals surface area contributed by atoms with Crippen molar-refractivity contribution < 1.29 is 18.5 Å².